The molecular weight excluding hydrogens is 468 g/mol. The minimum absolute atomic E-state index is 0.0547. The third kappa shape index (κ3) is 6.95. The summed E-state index contributed by atoms with van der Waals surface area (Å²) in [5.74, 6) is 0. The monoisotopic (exact) mass is 522 g/mol. The fourth-order valence-electron chi connectivity index (χ4n) is 6.33. The van der Waals surface area contributed by atoms with Gasteiger partial charge in [-0.15, -0.1) is 26.3 Å². The van der Waals surface area contributed by atoms with Gasteiger partial charge in [0.2, 0.25) is 0 Å². The average Bonchev–Trinajstić information content (AvgIpc) is 3.21. The van der Waals surface area contributed by atoms with E-state index in [2.05, 4.69) is 115 Å². The number of rotatable bonds is 18. The first-order valence-electron chi connectivity index (χ1n) is 15.5. The molecule has 0 aromatic heterocycles. The van der Waals surface area contributed by atoms with Crippen molar-refractivity contribution in [3.63, 3.8) is 0 Å². The van der Waals surface area contributed by atoms with Crippen molar-refractivity contribution in [1.82, 2.24) is 0 Å². The van der Waals surface area contributed by atoms with Crippen LogP contribution in [0.15, 0.2) is 87.0 Å². The summed E-state index contributed by atoms with van der Waals surface area (Å²) in [5.41, 5.74) is 8.68. The Morgan fingerprint density at radius 1 is 0.564 bits per heavy atom. The van der Waals surface area contributed by atoms with E-state index in [4.69, 9.17) is 0 Å². The first kappa shape index (κ1) is 30.9. The molecule has 0 bridgehead atoms. The first-order valence-corrected chi connectivity index (χ1v) is 15.5. The van der Waals surface area contributed by atoms with Gasteiger partial charge in [0.15, 0.2) is 0 Å². The second kappa shape index (κ2) is 13.6. The molecule has 0 heterocycles. The molecule has 0 N–H and O–H groups in total. The SMILES string of the molecule is C=CCCCCCCC1(CCCCCCC=C)c2cc(C(C)(C)C=C)ccc2-c2ccc(C(C)(C)C=C)cc21. The lowest BCUT2D eigenvalue weighted by Gasteiger charge is -2.35. The van der Waals surface area contributed by atoms with Gasteiger partial charge in [-0.25, -0.2) is 0 Å². The topological polar surface area (TPSA) is 0 Å². The molecule has 0 saturated heterocycles. The average molecular weight is 523 g/mol. The molecule has 210 valence electrons. The molecule has 0 spiro atoms. The smallest absolute Gasteiger partial charge is 0.0215 e. The van der Waals surface area contributed by atoms with Gasteiger partial charge in [0.05, 0.1) is 0 Å². The molecule has 1 aliphatic rings. The van der Waals surface area contributed by atoms with Gasteiger partial charge in [0, 0.05) is 16.2 Å². The van der Waals surface area contributed by atoms with Crippen LogP contribution in [-0.4, -0.2) is 0 Å². The lowest BCUT2D eigenvalue weighted by molar-refractivity contribution is 0.398. The van der Waals surface area contributed by atoms with Gasteiger partial charge in [0.1, 0.15) is 0 Å². The predicted molar refractivity (Wildman–Crippen MR) is 175 cm³/mol. The summed E-state index contributed by atoms with van der Waals surface area (Å²) in [5, 5.41) is 0. The fraction of sp³-hybridized carbons (Fsp3) is 0.487. The maximum Gasteiger partial charge on any atom is 0.0215 e. The number of hydrogen-bond acceptors (Lipinski definition) is 0. The minimum Gasteiger partial charge on any atom is -0.103 e. The van der Waals surface area contributed by atoms with Gasteiger partial charge < -0.3 is 0 Å². The molecule has 1 aliphatic carbocycles. The van der Waals surface area contributed by atoms with Gasteiger partial charge in [-0.2, -0.15) is 0 Å². The Morgan fingerprint density at radius 2 is 0.949 bits per heavy atom. The van der Waals surface area contributed by atoms with Crippen molar-refractivity contribution in [2.45, 2.75) is 121 Å². The highest BCUT2D eigenvalue weighted by atomic mass is 14.5. The third-order valence-electron chi connectivity index (χ3n) is 9.39. The molecule has 0 saturated carbocycles. The number of hydrogen-bond donors (Lipinski definition) is 0. The standard InChI is InChI=1S/C39H54/c1-9-13-15-17-19-21-27-39(28-22-20-18-16-14-10-2)35-29-31(37(5,6)11-3)23-25-33(35)34-26-24-32(30-36(34)39)38(7,8)12-4/h9-12,23-26,29-30H,1-4,13-22,27-28H2,5-8H3. The first-order chi connectivity index (χ1) is 18.7. The van der Waals surface area contributed by atoms with Gasteiger partial charge in [0.25, 0.3) is 0 Å². The largest absolute Gasteiger partial charge is 0.103 e. The van der Waals surface area contributed by atoms with E-state index in [1.807, 2.05) is 0 Å². The molecule has 39 heavy (non-hydrogen) atoms. The van der Waals surface area contributed by atoms with Crippen molar-refractivity contribution in [3.05, 3.63) is 109 Å². The van der Waals surface area contributed by atoms with Crippen LogP contribution in [0.2, 0.25) is 0 Å². The van der Waals surface area contributed by atoms with E-state index in [0.29, 0.717) is 0 Å². The normalized spacial score (nSPS) is 13.9. The number of fused-ring (bicyclic) bond motifs is 3. The Hall–Kier alpha value is -2.60. The number of unbranched alkanes of at least 4 members (excludes halogenated alkanes) is 8. The van der Waals surface area contributed by atoms with Gasteiger partial charge in [-0.05, 0) is 71.9 Å². The van der Waals surface area contributed by atoms with Crippen molar-refractivity contribution < 1.29 is 0 Å². The highest BCUT2D eigenvalue weighted by Gasteiger charge is 2.43. The van der Waals surface area contributed by atoms with E-state index in [0.717, 1.165) is 12.8 Å². The van der Waals surface area contributed by atoms with Crippen molar-refractivity contribution in [1.29, 1.82) is 0 Å². The van der Waals surface area contributed by atoms with Crippen LogP contribution >= 0.6 is 0 Å². The van der Waals surface area contributed by atoms with Crippen LogP contribution in [0, 0.1) is 0 Å². The lowest BCUT2D eigenvalue weighted by Crippen LogP contribution is -2.27. The number of benzene rings is 2. The Morgan fingerprint density at radius 3 is 1.31 bits per heavy atom. The Kier molecular flexibility index (Phi) is 10.8. The van der Waals surface area contributed by atoms with Gasteiger partial charge >= 0.3 is 0 Å². The summed E-state index contributed by atoms with van der Waals surface area (Å²) in [6.45, 7) is 25.3. The summed E-state index contributed by atoms with van der Waals surface area (Å²) < 4.78 is 0. The van der Waals surface area contributed by atoms with Crippen molar-refractivity contribution in [2.75, 3.05) is 0 Å². The highest BCUT2D eigenvalue weighted by molar-refractivity contribution is 5.82. The zero-order chi connectivity index (χ0) is 28.5. The van der Waals surface area contributed by atoms with E-state index in [-0.39, 0.29) is 16.2 Å². The molecule has 0 nitrogen and oxygen atoms in total. The quantitative estimate of drug-likeness (QED) is 0.135. The van der Waals surface area contributed by atoms with Crippen LogP contribution in [-0.2, 0) is 16.2 Å². The molecule has 2 aromatic carbocycles. The van der Waals surface area contributed by atoms with Crippen LogP contribution in [0.4, 0.5) is 0 Å². The van der Waals surface area contributed by atoms with Crippen LogP contribution in [0.5, 0.6) is 0 Å². The molecule has 0 aliphatic heterocycles. The predicted octanol–water partition coefficient (Wildman–Crippen LogP) is 11.9. The zero-order valence-corrected chi connectivity index (χ0v) is 25.6. The Bertz CT molecular complexity index is 1050. The van der Waals surface area contributed by atoms with Crippen molar-refractivity contribution in [2.24, 2.45) is 0 Å². The Labute approximate surface area is 241 Å². The lowest BCUT2D eigenvalue weighted by atomic mass is 9.68. The van der Waals surface area contributed by atoms with E-state index in [1.165, 1.54) is 86.5 Å². The van der Waals surface area contributed by atoms with Gasteiger partial charge in [-0.1, -0.05) is 127 Å². The maximum atomic E-state index is 4.17. The molecule has 0 unspecified atom stereocenters. The van der Waals surface area contributed by atoms with Crippen molar-refractivity contribution >= 4 is 0 Å². The summed E-state index contributed by atoms with van der Waals surface area (Å²) >= 11 is 0. The van der Waals surface area contributed by atoms with E-state index < -0.39 is 0 Å². The van der Waals surface area contributed by atoms with Crippen LogP contribution in [0.3, 0.4) is 0 Å². The molecule has 0 heteroatoms. The van der Waals surface area contributed by atoms with Crippen LogP contribution in [0.1, 0.15) is 127 Å². The second-order valence-electron chi connectivity index (χ2n) is 12.9. The zero-order valence-electron chi connectivity index (χ0n) is 25.6. The molecular formula is C39H54. The molecule has 3 rings (SSSR count). The summed E-state index contributed by atoms with van der Waals surface area (Å²) in [7, 11) is 0. The fourth-order valence-corrected chi connectivity index (χ4v) is 6.33. The molecule has 0 radical (unpaired) electrons. The van der Waals surface area contributed by atoms with Crippen LogP contribution in [0.25, 0.3) is 11.1 Å². The summed E-state index contributed by atoms with van der Waals surface area (Å²) in [4.78, 5) is 0. The molecule has 0 fully saturated rings. The Balaban J connectivity index is 2.10. The van der Waals surface area contributed by atoms with Crippen LogP contribution < -0.4 is 0 Å². The second-order valence-corrected chi connectivity index (χ2v) is 12.9. The summed E-state index contributed by atoms with van der Waals surface area (Å²) in [6, 6.07) is 14.6. The molecule has 2 aromatic rings. The number of allylic oxidation sites excluding steroid dienone is 4. The summed E-state index contributed by atoms with van der Waals surface area (Å²) in [6.07, 6.45) is 23.2. The van der Waals surface area contributed by atoms with E-state index >= 15 is 0 Å². The van der Waals surface area contributed by atoms with E-state index in [9.17, 15) is 0 Å². The van der Waals surface area contributed by atoms with Crippen molar-refractivity contribution in [3.8, 4) is 11.1 Å². The molecule has 0 amide bonds. The highest BCUT2D eigenvalue weighted by Crippen LogP contribution is 2.55. The third-order valence-corrected chi connectivity index (χ3v) is 9.39. The molecule has 0 atom stereocenters. The maximum absolute atomic E-state index is 4.17. The van der Waals surface area contributed by atoms with Gasteiger partial charge in [-0.3, -0.25) is 0 Å². The van der Waals surface area contributed by atoms with E-state index in [1.54, 1.807) is 11.1 Å². The minimum atomic E-state index is -0.0547.